The molecule has 3 nitrogen and oxygen atoms in total. The van der Waals surface area contributed by atoms with Crippen LogP contribution in [0.3, 0.4) is 0 Å². The van der Waals surface area contributed by atoms with Gasteiger partial charge in [-0.25, -0.2) is 0 Å². The highest BCUT2D eigenvalue weighted by Crippen LogP contribution is 1.97. The molecule has 3 heteroatoms. The molecule has 1 rings (SSSR count). The largest absolute Gasteiger partial charge is 0.271 e. The van der Waals surface area contributed by atoms with Gasteiger partial charge in [-0.2, -0.15) is 5.26 Å². The minimum absolute atomic E-state index is 0.837. The third kappa shape index (κ3) is 16.3. The maximum absolute atomic E-state index is 7.51. The third-order valence-corrected chi connectivity index (χ3v) is 1.66. The second-order valence-corrected chi connectivity index (χ2v) is 2.99. The molecule has 0 atom stereocenters. The van der Waals surface area contributed by atoms with Gasteiger partial charge in [-0.05, 0) is 12.0 Å². The van der Waals surface area contributed by atoms with Gasteiger partial charge < -0.3 is 0 Å². The fraction of sp³-hybridized carbons (Fsp3) is 0.133. The molecule has 0 amide bonds. The van der Waals surface area contributed by atoms with Crippen LogP contribution < -0.4 is 11.3 Å². The molecule has 96 valence electrons. The van der Waals surface area contributed by atoms with Gasteiger partial charge in [0, 0.05) is 12.6 Å². The zero-order chi connectivity index (χ0) is 14.1. The Labute approximate surface area is 110 Å². The molecule has 0 aliphatic heterocycles. The molecule has 0 aliphatic rings. The van der Waals surface area contributed by atoms with Crippen molar-refractivity contribution >= 4 is 0 Å². The van der Waals surface area contributed by atoms with Crippen molar-refractivity contribution in [2.24, 2.45) is 5.84 Å². The average molecular weight is 243 g/mol. The number of hydrogen-bond donors (Lipinski definition) is 2. The molecule has 3 N–H and O–H groups in total. The van der Waals surface area contributed by atoms with Crippen LogP contribution in [0.1, 0.15) is 5.56 Å². The fourth-order valence-electron chi connectivity index (χ4n) is 0.861. The summed E-state index contributed by atoms with van der Waals surface area (Å²) >= 11 is 0. The Kier molecular flexibility index (Phi) is 17.5. The van der Waals surface area contributed by atoms with Gasteiger partial charge in [0.1, 0.15) is 0 Å². The first-order valence-corrected chi connectivity index (χ1v) is 5.48. The van der Waals surface area contributed by atoms with E-state index in [1.54, 1.807) is 18.2 Å². The summed E-state index contributed by atoms with van der Waals surface area (Å²) in [6.45, 7) is 10.7. The molecule has 1 aromatic carbocycles. The number of allylic oxidation sites excluding steroid dienone is 3. The molecule has 0 saturated heterocycles. The number of nitrogens with zero attached hydrogens (tertiary/aromatic N) is 1. The van der Waals surface area contributed by atoms with Crippen LogP contribution in [0.4, 0.5) is 0 Å². The van der Waals surface area contributed by atoms with Crippen molar-refractivity contribution in [3.63, 3.8) is 0 Å². The number of rotatable bonds is 4. The second kappa shape index (κ2) is 17.3. The van der Waals surface area contributed by atoms with Crippen LogP contribution in [0, 0.1) is 11.3 Å². The number of hydrogen-bond acceptors (Lipinski definition) is 3. The Balaban J connectivity index is 0. The van der Waals surface area contributed by atoms with Gasteiger partial charge in [0.2, 0.25) is 0 Å². The Hall–Kier alpha value is -2.15. The first-order valence-electron chi connectivity index (χ1n) is 5.48. The first kappa shape index (κ1) is 18.2. The number of nitriles is 1. The van der Waals surface area contributed by atoms with E-state index in [0.717, 1.165) is 13.0 Å². The molecule has 0 heterocycles. The maximum Gasteiger partial charge on any atom is 0.0905 e. The average Bonchev–Trinajstić information content (AvgIpc) is 2.46. The standard InChI is InChI=1S/C8H12N2.C4H6.C3H3N/c9-10-7-6-8-4-2-1-3-5-8;1-3-4-2;1-2-3-4/h1-5,10H,6-7,9H2;3-4H,1-2H2;2H,1H2. The molecule has 0 bridgehead atoms. The lowest BCUT2D eigenvalue weighted by Gasteiger charge is -1.97. The SMILES string of the molecule is C=CC#N.C=CC=C.NNCCc1ccccc1. The Morgan fingerprint density at radius 1 is 1.17 bits per heavy atom. The zero-order valence-electron chi connectivity index (χ0n) is 10.7. The molecular formula is C15H21N3. The van der Waals surface area contributed by atoms with E-state index < -0.39 is 0 Å². The van der Waals surface area contributed by atoms with Crippen LogP contribution in [0.15, 0.2) is 68.3 Å². The minimum atomic E-state index is 0.837. The molecule has 1 aromatic rings. The van der Waals surface area contributed by atoms with Crippen molar-refractivity contribution in [2.45, 2.75) is 6.42 Å². The van der Waals surface area contributed by atoms with Gasteiger partial charge in [0.15, 0.2) is 0 Å². The normalized spacial score (nSPS) is 7.33. The summed E-state index contributed by atoms with van der Waals surface area (Å²) in [7, 11) is 0. The first-order chi connectivity index (χ1) is 8.76. The summed E-state index contributed by atoms with van der Waals surface area (Å²) in [5.41, 5.74) is 3.94. The van der Waals surface area contributed by atoms with Gasteiger partial charge in [-0.3, -0.25) is 11.3 Å². The lowest BCUT2D eigenvalue weighted by atomic mass is 10.2. The van der Waals surface area contributed by atoms with Gasteiger partial charge in [0.05, 0.1) is 6.07 Å². The summed E-state index contributed by atoms with van der Waals surface area (Å²) < 4.78 is 0. The maximum atomic E-state index is 7.51. The van der Waals surface area contributed by atoms with Crippen LogP contribution in [-0.2, 0) is 6.42 Å². The van der Waals surface area contributed by atoms with Crippen LogP contribution in [0.2, 0.25) is 0 Å². The van der Waals surface area contributed by atoms with E-state index in [9.17, 15) is 0 Å². The van der Waals surface area contributed by atoms with Gasteiger partial charge in [-0.1, -0.05) is 62.2 Å². The van der Waals surface area contributed by atoms with E-state index in [2.05, 4.69) is 37.3 Å². The highest BCUT2D eigenvalue weighted by molar-refractivity contribution is 5.14. The summed E-state index contributed by atoms with van der Waals surface area (Å²) in [4.78, 5) is 0. The van der Waals surface area contributed by atoms with Gasteiger partial charge >= 0.3 is 0 Å². The monoisotopic (exact) mass is 243 g/mol. The summed E-state index contributed by atoms with van der Waals surface area (Å²) in [5, 5.41) is 7.51. The van der Waals surface area contributed by atoms with Gasteiger partial charge in [-0.15, -0.1) is 0 Å². The number of nitrogens with two attached hydrogens (primary N) is 1. The molecule has 18 heavy (non-hydrogen) atoms. The van der Waals surface area contributed by atoms with Crippen molar-refractivity contribution < 1.29 is 0 Å². The smallest absolute Gasteiger partial charge is 0.0905 e. The van der Waals surface area contributed by atoms with E-state index in [-0.39, 0.29) is 0 Å². The lowest BCUT2D eigenvalue weighted by molar-refractivity contribution is 0.728. The third-order valence-electron chi connectivity index (χ3n) is 1.66. The van der Waals surface area contributed by atoms with Crippen LogP contribution >= 0.6 is 0 Å². The molecule has 0 radical (unpaired) electrons. The van der Waals surface area contributed by atoms with Gasteiger partial charge in [0.25, 0.3) is 0 Å². The topological polar surface area (TPSA) is 61.8 Å². The second-order valence-electron chi connectivity index (χ2n) is 2.99. The number of hydrazine groups is 1. The van der Waals surface area contributed by atoms with Crippen molar-refractivity contribution in [2.75, 3.05) is 6.54 Å². The number of nitrogens with one attached hydrogen (secondary N) is 1. The molecule has 0 aromatic heterocycles. The van der Waals surface area contributed by atoms with E-state index >= 15 is 0 Å². The van der Waals surface area contributed by atoms with Crippen LogP contribution in [-0.4, -0.2) is 6.54 Å². The van der Waals surface area contributed by atoms with E-state index in [1.165, 1.54) is 11.6 Å². The Morgan fingerprint density at radius 2 is 1.67 bits per heavy atom. The molecule has 0 spiro atoms. The van der Waals surface area contributed by atoms with Crippen LogP contribution in [0.25, 0.3) is 0 Å². The molecule has 0 saturated carbocycles. The quantitative estimate of drug-likeness (QED) is 0.370. The highest BCUT2D eigenvalue weighted by atomic mass is 15.2. The summed E-state index contributed by atoms with van der Waals surface area (Å²) in [5.74, 6) is 5.13. The molecular weight excluding hydrogens is 222 g/mol. The predicted octanol–water partition coefficient (Wildman–Crippen LogP) is 2.75. The van der Waals surface area contributed by atoms with Crippen molar-refractivity contribution in [3.05, 3.63) is 73.9 Å². The van der Waals surface area contributed by atoms with E-state index in [0.29, 0.717) is 0 Å². The Morgan fingerprint density at radius 3 is 2.00 bits per heavy atom. The molecule has 0 fully saturated rings. The highest BCUT2D eigenvalue weighted by Gasteiger charge is 1.87. The molecule has 0 unspecified atom stereocenters. The van der Waals surface area contributed by atoms with Crippen molar-refractivity contribution in [1.82, 2.24) is 5.43 Å². The fourth-order valence-corrected chi connectivity index (χ4v) is 0.861. The lowest BCUT2D eigenvalue weighted by Crippen LogP contribution is -2.24. The summed E-state index contributed by atoms with van der Waals surface area (Å²) in [6, 6.07) is 12.0. The number of benzene rings is 1. The predicted molar refractivity (Wildman–Crippen MR) is 78.5 cm³/mol. The van der Waals surface area contributed by atoms with Crippen molar-refractivity contribution in [1.29, 1.82) is 5.26 Å². The van der Waals surface area contributed by atoms with Crippen LogP contribution in [0.5, 0.6) is 0 Å². The summed E-state index contributed by atoms with van der Waals surface area (Å²) in [6.07, 6.45) is 5.46. The van der Waals surface area contributed by atoms with Crippen molar-refractivity contribution in [3.8, 4) is 6.07 Å². The zero-order valence-corrected chi connectivity index (χ0v) is 10.7. The minimum Gasteiger partial charge on any atom is -0.271 e. The van der Waals surface area contributed by atoms with E-state index in [1.807, 2.05) is 18.2 Å². The Bertz CT molecular complexity index is 344. The van der Waals surface area contributed by atoms with E-state index in [4.69, 9.17) is 11.1 Å². The molecule has 0 aliphatic carbocycles.